The third-order valence-corrected chi connectivity index (χ3v) is 3.16. The van der Waals surface area contributed by atoms with E-state index in [1.54, 1.807) is 0 Å². The molecule has 0 saturated heterocycles. The van der Waals surface area contributed by atoms with Crippen LogP contribution in [0.15, 0.2) is 16.9 Å². The fourth-order valence-corrected chi connectivity index (χ4v) is 1.95. The number of nitrogens with one attached hydrogen (secondary N) is 1. The van der Waals surface area contributed by atoms with E-state index < -0.39 is 10.9 Å². The molecule has 0 fully saturated rings. The number of carbonyl (C=O) groups is 1. The lowest BCUT2D eigenvalue weighted by atomic mass is 10.1. The second-order valence-corrected chi connectivity index (χ2v) is 5.05. The molecule has 1 heterocycles. The normalized spacial score (nSPS) is 11.9. The van der Waals surface area contributed by atoms with Gasteiger partial charge in [-0.05, 0) is 28.3 Å². The second-order valence-electron chi connectivity index (χ2n) is 4.19. The molecular weight excluding hydrogens is 318 g/mol. The fraction of sp³-hybridized carbons (Fsp3) is 0.455. The number of aliphatic carboxylic acids is 1. The molecule has 0 spiro atoms. The molecule has 1 rings (SSSR count). The zero-order chi connectivity index (χ0) is 14.4. The first-order valence-electron chi connectivity index (χ1n) is 5.65. The summed E-state index contributed by atoms with van der Waals surface area (Å²) < 4.78 is 0.507. The summed E-state index contributed by atoms with van der Waals surface area (Å²) in [6.07, 6.45) is 3.24. The van der Waals surface area contributed by atoms with Gasteiger partial charge in [-0.3, -0.25) is 19.9 Å². The SMILES string of the molecule is CC(CCC(=O)O)CNc1c(Br)cncc1[N+](=O)[O-]. The highest BCUT2D eigenvalue weighted by Gasteiger charge is 2.17. The smallest absolute Gasteiger partial charge is 0.311 e. The van der Waals surface area contributed by atoms with E-state index in [4.69, 9.17) is 5.11 Å². The van der Waals surface area contributed by atoms with E-state index in [1.165, 1.54) is 12.4 Å². The van der Waals surface area contributed by atoms with Gasteiger partial charge < -0.3 is 10.4 Å². The standard InChI is InChI=1S/C11H14BrN3O4/c1-7(2-3-10(16)17)4-14-11-8(12)5-13-6-9(11)15(18)19/h5-7H,2-4H2,1H3,(H,13,14)(H,16,17). The number of hydrogen-bond acceptors (Lipinski definition) is 5. The number of anilines is 1. The van der Waals surface area contributed by atoms with Gasteiger partial charge in [-0.1, -0.05) is 6.92 Å². The van der Waals surface area contributed by atoms with Gasteiger partial charge in [-0.25, -0.2) is 0 Å². The van der Waals surface area contributed by atoms with Crippen molar-refractivity contribution in [3.63, 3.8) is 0 Å². The predicted octanol–water partition coefficient (Wildman–Crippen LogP) is 2.67. The zero-order valence-corrected chi connectivity index (χ0v) is 11.9. The van der Waals surface area contributed by atoms with Crippen LogP contribution >= 0.6 is 15.9 Å². The van der Waals surface area contributed by atoms with Crippen LogP contribution in [0, 0.1) is 16.0 Å². The topological polar surface area (TPSA) is 105 Å². The molecule has 0 amide bonds. The molecule has 104 valence electrons. The maximum Gasteiger partial charge on any atom is 0.311 e. The molecule has 1 unspecified atom stereocenters. The van der Waals surface area contributed by atoms with Gasteiger partial charge in [0.05, 0.1) is 9.40 Å². The Kier molecular flexibility index (Phi) is 5.68. The Balaban J connectivity index is 2.67. The molecule has 0 aliphatic rings. The van der Waals surface area contributed by atoms with Crippen LogP contribution in [0.5, 0.6) is 0 Å². The van der Waals surface area contributed by atoms with Crippen LogP contribution in [-0.4, -0.2) is 27.5 Å². The Morgan fingerprint density at radius 3 is 2.89 bits per heavy atom. The monoisotopic (exact) mass is 331 g/mol. The van der Waals surface area contributed by atoms with Crippen LogP contribution in [0.4, 0.5) is 11.4 Å². The molecule has 1 aromatic heterocycles. The first-order valence-corrected chi connectivity index (χ1v) is 6.44. The minimum Gasteiger partial charge on any atom is -0.481 e. The maximum atomic E-state index is 10.9. The highest BCUT2D eigenvalue weighted by Crippen LogP contribution is 2.31. The maximum absolute atomic E-state index is 10.9. The van der Waals surface area contributed by atoms with E-state index >= 15 is 0 Å². The molecule has 19 heavy (non-hydrogen) atoms. The number of nitrogens with zero attached hydrogens (tertiary/aromatic N) is 2. The third-order valence-electron chi connectivity index (χ3n) is 2.55. The molecular formula is C11H14BrN3O4. The summed E-state index contributed by atoms with van der Waals surface area (Å²) in [6, 6.07) is 0. The molecule has 7 nitrogen and oxygen atoms in total. The van der Waals surface area contributed by atoms with Crippen molar-refractivity contribution in [2.75, 3.05) is 11.9 Å². The van der Waals surface area contributed by atoms with Gasteiger partial charge in [0.2, 0.25) is 0 Å². The van der Waals surface area contributed by atoms with Crippen LogP contribution in [-0.2, 0) is 4.79 Å². The van der Waals surface area contributed by atoms with Crippen molar-refractivity contribution in [3.05, 3.63) is 27.0 Å². The number of pyridine rings is 1. The third kappa shape index (κ3) is 4.82. The molecule has 0 aliphatic carbocycles. The fourth-order valence-electron chi connectivity index (χ4n) is 1.49. The van der Waals surface area contributed by atoms with E-state index in [2.05, 4.69) is 26.2 Å². The summed E-state index contributed by atoms with van der Waals surface area (Å²) >= 11 is 3.20. The number of carboxylic acid groups (broad SMARTS) is 1. The lowest BCUT2D eigenvalue weighted by Crippen LogP contribution is -2.14. The molecule has 1 aromatic rings. The summed E-state index contributed by atoms with van der Waals surface area (Å²) in [5, 5.41) is 22.4. The molecule has 0 radical (unpaired) electrons. The van der Waals surface area contributed by atoms with Gasteiger partial charge in [-0.15, -0.1) is 0 Å². The number of rotatable bonds is 7. The second kappa shape index (κ2) is 7.03. The highest BCUT2D eigenvalue weighted by atomic mass is 79.9. The Hall–Kier alpha value is -1.70. The molecule has 1 atom stereocenters. The summed E-state index contributed by atoms with van der Waals surface area (Å²) in [4.78, 5) is 24.5. The number of hydrogen-bond donors (Lipinski definition) is 2. The molecule has 0 aromatic carbocycles. The van der Waals surface area contributed by atoms with Gasteiger partial charge in [-0.2, -0.15) is 0 Å². The molecule has 8 heteroatoms. The molecule has 0 aliphatic heterocycles. The Morgan fingerprint density at radius 2 is 2.32 bits per heavy atom. The number of carboxylic acids is 1. The average molecular weight is 332 g/mol. The average Bonchev–Trinajstić information content (AvgIpc) is 2.34. The van der Waals surface area contributed by atoms with Gasteiger partial charge in [0.25, 0.3) is 0 Å². The van der Waals surface area contributed by atoms with Crippen molar-refractivity contribution in [2.24, 2.45) is 5.92 Å². The summed E-state index contributed by atoms with van der Waals surface area (Å²) in [6.45, 7) is 2.34. The minimum absolute atomic E-state index is 0.0858. The quantitative estimate of drug-likeness (QED) is 0.587. The van der Waals surface area contributed by atoms with Crippen molar-refractivity contribution >= 4 is 33.3 Å². The van der Waals surface area contributed by atoms with Crippen LogP contribution in [0.1, 0.15) is 19.8 Å². The van der Waals surface area contributed by atoms with Crippen molar-refractivity contribution < 1.29 is 14.8 Å². The molecule has 0 saturated carbocycles. The van der Waals surface area contributed by atoms with E-state index in [-0.39, 0.29) is 18.0 Å². The van der Waals surface area contributed by atoms with E-state index in [0.29, 0.717) is 23.1 Å². The number of aromatic nitrogens is 1. The van der Waals surface area contributed by atoms with Gasteiger partial charge in [0, 0.05) is 19.2 Å². The van der Waals surface area contributed by atoms with Crippen molar-refractivity contribution in [2.45, 2.75) is 19.8 Å². The lowest BCUT2D eigenvalue weighted by Gasteiger charge is -2.13. The van der Waals surface area contributed by atoms with E-state index in [1.807, 2.05) is 6.92 Å². The lowest BCUT2D eigenvalue weighted by molar-refractivity contribution is -0.384. The molecule has 2 N–H and O–H groups in total. The first kappa shape index (κ1) is 15.4. The van der Waals surface area contributed by atoms with Gasteiger partial charge in [0.15, 0.2) is 0 Å². The Bertz CT molecular complexity index is 481. The van der Waals surface area contributed by atoms with Crippen molar-refractivity contribution in [3.8, 4) is 0 Å². The van der Waals surface area contributed by atoms with Gasteiger partial charge >= 0.3 is 11.7 Å². The minimum atomic E-state index is -0.845. The van der Waals surface area contributed by atoms with E-state index in [9.17, 15) is 14.9 Å². The Labute approximate surface area is 118 Å². The predicted molar refractivity (Wildman–Crippen MR) is 73.1 cm³/mol. The van der Waals surface area contributed by atoms with E-state index in [0.717, 1.165) is 0 Å². The summed E-state index contributed by atoms with van der Waals surface area (Å²) in [7, 11) is 0. The summed E-state index contributed by atoms with van der Waals surface area (Å²) in [5.74, 6) is -0.751. The first-order chi connectivity index (χ1) is 8.91. The summed E-state index contributed by atoms with van der Waals surface area (Å²) in [5.41, 5.74) is 0.252. The van der Waals surface area contributed by atoms with Crippen LogP contribution in [0.2, 0.25) is 0 Å². The van der Waals surface area contributed by atoms with Crippen LogP contribution < -0.4 is 5.32 Å². The van der Waals surface area contributed by atoms with Crippen LogP contribution in [0.3, 0.4) is 0 Å². The largest absolute Gasteiger partial charge is 0.481 e. The zero-order valence-electron chi connectivity index (χ0n) is 10.3. The van der Waals surface area contributed by atoms with Crippen molar-refractivity contribution in [1.82, 2.24) is 4.98 Å². The molecule has 0 bridgehead atoms. The van der Waals surface area contributed by atoms with Crippen LogP contribution in [0.25, 0.3) is 0 Å². The number of halogens is 1. The van der Waals surface area contributed by atoms with Crippen molar-refractivity contribution in [1.29, 1.82) is 0 Å². The Morgan fingerprint density at radius 1 is 1.63 bits per heavy atom. The van der Waals surface area contributed by atoms with Gasteiger partial charge in [0.1, 0.15) is 11.9 Å². The highest BCUT2D eigenvalue weighted by molar-refractivity contribution is 9.10. The number of nitro groups is 1.